The van der Waals surface area contributed by atoms with Gasteiger partial charge in [0.2, 0.25) is 0 Å². The summed E-state index contributed by atoms with van der Waals surface area (Å²) in [4.78, 5) is 24.0. The molecule has 0 heterocycles. The number of hydrogen-bond acceptors (Lipinski definition) is 4. The molecule has 0 aliphatic rings. The molecule has 0 aliphatic carbocycles. The lowest BCUT2D eigenvalue weighted by molar-refractivity contribution is -0.122. The second-order valence-electron chi connectivity index (χ2n) is 5.53. The molecule has 2 aromatic rings. The number of amides is 1. The molecule has 0 spiro atoms. The van der Waals surface area contributed by atoms with Crippen LogP contribution >= 0.6 is 0 Å². The molecular formula is C19H21NO4. The van der Waals surface area contributed by atoms with Crippen LogP contribution in [0.3, 0.4) is 0 Å². The van der Waals surface area contributed by atoms with Gasteiger partial charge in [-0.25, -0.2) is 4.79 Å². The summed E-state index contributed by atoms with van der Waals surface area (Å²) in [6.07, 6.45) is -0.672. The van der Waals surface area contributed by atoms with Crippen LogP contribution in [0.2, 0.25) is 0 Å². The second-order valence-corrected chi connectivity index (χ2v) is 5.53. The molecule has 2 aromatic carbocycles. The Morgan fingerprint density at radius 2 is 1.71 bits per heavy atom. The standard InChI is InChI=1S/C19H21NO4/c1-12-8-10-15(11-9-12)24-14(3)18(21)20-17-7-5-6-16(13(17)2)19(22)23-4/h5-11,14H,1-4H3,(H,20,21). The lowest BCUT2D eigenvalue weighted by Gasteiger charge is -2.16. The Morgan fingerprint density at radius 3 is 2.33 bits per heavy atom. The van der Waals surface area contributed by atoms with Crippen LogP contribution in [0.1, 0.15) is 28.4 Å². The molecule has 1 N–H and O–H groups in total. The van der Waals surface area contributed by atoms with E-state index in [-0.39, 0.29) is 5.91 Å². The van der Waals surface area contributed by atoms with Gasteiger partial charge in [0.25, 0.3) is 5.91 Å². The Kier molecular flexibility index (Phi) is 5.58. The number of carbonyl (C=O) groups excluding carboxylic acids is 2. The van der Waals surface area contributed by atoms with E-state index in [1.807, 2.05) is 31.2 Å². The Hall–Kier alpha value is -2.82. The van der Waals surface area contributed by atoms with Gasteiger partial charge in [-0.3, -0.25) is 4.79 Å². The number of ether oxygens (including phenoxy) is 2. The summed E-state index contributed by atoms with van der Waals surface area (Å²) < 4.78 is 10.4. The van der Waals surface area contributed by atoms with E-state index in [1.165, 1.54) is 7.11 Å². The minimum absolute atomic E-state index is 0.291. The summed E-state index contributed by atoms with van der Waals surface area (Å²) in [5.41, 5.74) is 2.75. The molecule has 5 heteroatoms. The predicted octanol–water partition coefficient (Wildman–Crippen LogP) is 3.50. The molecule has 24 heavy (non-hydrogen) atoms. The number of carbonyl (C=O) groups is 2. The van der Waals surface area contributed by atoms with Crippen molar-refractivity contribution >= 4 is 17.6 Å². The van der Waals surface area contributed by atoms with Crippen LogP contribution in [0.15, 0.2) is 42.5 Å². The lowest BCUT2D eigenvalue weighted by Crippen LogP contribution is -2.30. The van der Waals surface area contributed by atoms with Gasteiger partial charge >= 0.3 is 5.97 Å². The highest BCUT2D eigenvalue weighted by Gasteiger charge is 2.18. The number of benzene rings is 2. The summed E-state index contributed by atoms with van der Waals surface area (Å²) in [6.45, 7) is 5.42. The van der Waals surface area contributed by atoms with Crippen molar-refractivity contribution in [2.24, 2.45) is 0 Å². The Morgan fingerprint density at radius 1 is 1.04 bits per heavy atom. The average Bonchev–Trinajstić information content (AvgIpc) is 2.58. The molecule has 0 aromatic heterocycles. The maximum Gasteiger partial charge on any atom is 0.338 e. The largest absolute Gasteiger partial charge is 0.481 e. The monoisotopic (exact) mass is 327 g/mol. The van der Waals surface area contributed by atoms with E-state index >= 15 is 0 Å². The topological polar surface area (TPSA) is 64.6 Å². The molecular weight excluding hydrogens is 306 g/mol. The van der Waals surface area contributed by atoms with Crippen molar-refractivity contribution < 1.29 is 19.1 Å². The summed E-state index contributed by atoms with van der Waals surface area (Å²) >= 11 is 0. The number of methoxy groups -OCH3 is 1. The molecule has 5 nitrogen and oxygen atoms in total. The summed E-state index contributed by atoms with van der Waals surface area (Å²) in [6, 6.07) is 12.6. The first-order valence-electron chi connectivity index (χ1n) is 7.64. The summed E-state index contributed by atoms with van der Waals surface area (Å²) in [5.74, 6) is -0.100. The molecule has 0 fully saturated rings. The van der Waals surface area contributed by atoms with Gasteiger partial charge in [-0.05, 0) is 50.6 Å². The molecule has 2 rings (SSSR count). The van der Waals surface area contributed by atoms with E-state index in [4.69, 9.17) is 9.47 Å². The number of hydrogen-bond donors (Lipinski definition) is 1. The van der Waals surface area contributed by atoms with E-state index < -0.39 is 12.1 Å². The van der Waals surface area contributed by atoms with E-state index in [9.17, 15) is 9.59 Å². The molecule has 0 radical (unpaired) electrons. The Balaban J connectivity index is 2.08. The van der Waals surface area contributed by atoms with Crippen molar-refractivity contribution in [3.8, 4) is 5.75 Å². The third kappa shape index (κ3) is 4.13. The molecule has 1 atom stereocenters. The minimum atomic E-state index is -0.672. The first kappa shape index (κ1) is 17.5. The maximum absolute atomic E-state index is 12.3. The molecule has 126 valence electrons. The third-order valence-electron chi connectivity index (χ3n) is 3.70. The van der Waals surface area contributed by atoms with E-state index in [0.717, 1.165) is 5.56 Å². The first-order chi connectivity index (χ1) is 11.4. The zero-order valence-electron chi connectivity index (χ0n) is 14.3. The van der Waals surface area contributed by atoms with Crippen LogP contribution in [0.4, 0.5) is 5.69 Å². The quantitative estimate of drug-likeness (QED) is 0.854. The van der Waals surface area contributed by atoms with Gasteiger partial charge < -0.3 is 14.8 Å². The molecule has 1 amide bonds. The van der Waals surface area contributed by atoms with E-state index in [1.54, 1.807) is 32.0 Å². The van der Waals surface area contributed by atoms with Crippen molar-refractivity contribution in [2.75, 3.05) is 12.4 Å². The van der Waals surface area contributed by atoms with Crippen LogP contribution in [0.25, 0.3) is 0 Å². The average molecular weight is 327 g/mol. The van der Waals surface area contributed by atoms with Gasteiger partial charge in [-0.1, -0.05) is 23.8 Å². The molecule has 0 aliphatic heterocycles. The highest BCUT2D eigenvalue weighted by atomic mass is 16.5. The smallest absolute Gasteiger partial charge is 0.338 e. The van der Waals surface area contributed by atoms with Gasteiger partial charge in [-0.2, -0.15) is 0 Å². The number of anilines is 1. The number of rotatable bonds is 5. The fraction of sp³-hybridized carbons (Fsp3) is 0.263. The lowest BCUT2D eigenvalue weighted by atomic mass is 10.1. The first-order valence-corrected chi connectivity index (χ1v) is 7.64. The normalized spacial score (nSPS) is 11.5. The van der Waals surface area contributed by atoms with Crippen molar-refractivity contribution in [3.05, 3.63) is 59.2 Å². The van der Waals surface area contributed by atoms with Crippen LogP contribution < -0.4 is 10.1 Å². The number of nitrogens with one attached hydrogen (secondary N) is 1. The number of aryl methyl sites for hydroxylation is 1. The van der Waals surface area contributed by atoms with Crippen LogP contribution in [-0.4, -0.2) is 25.1 Å². The fourth-order valence-electron chi connectivity index (χ4n) is 2.21. The molecule has 0 saturated carbocycles. The van der Waals surface area contributed by atoms with E-state index in [2.05, 4.69) is 5.32 Å². The van der Waals surface area contributed by atoms with Crippen LogP contribution in [-0.2, 0) is 9.53 Å². The second kappa shape index (κ2) is 7.64. The Bertz CT molecular complexity index is 738. The zero-order chi connectivity index (χ0) is 17.7. The van der Waals surface area contributed by atoms with Crippen molar-refractivity contribution in [1.29, 1.82) is 0 Å². The maximum atomic E-state index is 12.3. The fourth-order valence-corrected chi connectivity index (χ4v) is 2.21. The third-order valence-corrected chi connectivity index (χ3v) is 3.70. The number of esters is 1. The van der Waals surface area contributed by atoms with Gasteiger partial charge in [0.1, 0.15) is 5.75 Å². The summed E-state index contributed by atoms with van der Waals surface area (Å²) in [7, 11) is 1.32. The molecule has 0 bridgehead atoms. The van der Waals surface area contributed by atoms with Crippen molar-refractivity contribution in [3.63, 3.8) is 0 Å². The van der Waals surface area contributed by atoms with Gasteiger partial charge in [0.15, 0.2) is 6.10 Å². The van der Waals surface area contributed by atoms with Crippen molar-refractivity contribution in [2.45, 2.75) is 26.9 Å². The van der Waals surface area contributed by atoms with Crippen LogP contribution in [0.5, 0.6) is 5.75 Å². The highest BCUT2D eigenvalue weighted by molar-refractivity contribution is 5.98. The summed E-state index contributed by atoms with van der Waals surface area (Å²) in [5, 5.41) is 2.79. The highest BCUT2D eigenvalue weighted by Crippen LogP contribution is 2.20. The Labute approximate surface area is 141 Å². The van der Waals surface area contributed by atoms with Gasteiger partial charge in [0.05, 0.1) is 12.7 Å². The minimum Gasteiger partial charge on any atom is -0.481 e. The predicted molar refractivity (Wildman–Crippen MR) is 92.4 cm³/mol. The molecule has 0 saturated heterocycles. The van der Waals surface area contributed by atoms with Crippen molar-refractivity contribution in [1.82, 2.24) is 0 Å². The van der Waals surface area contributed by atoms with E-state index in [0.29, 0.717) is 22.6 Å². The van der Waals surface area contributed by atoms with Gasteiger partial charge in [-0.15, -0.1) is 0 Å². The SMILES string of the molecule is COC(=O)c1cccc(NC(=O)C(C)Oc2ccc(C)cc2)c1C. The van der Waals surface area contributed by atoms with Gasteiger partial charge in [0, 0.05) is 5.69 Å². The zero-order valence-corrected chi connectivity index (χ0v) is 14.3. The van der Waals surface area contributed by atoms with Crippen LogP contribution in [0, 0.1) is 13.8 Å². The molecule has 1 unspecified atom stereocenters.